The maximum Gasteiger partial charge on any atom is 0.340 e. The van der Waals surface area contributed by atoms with Crippen LogP contribution in [0.15, 0.2) is 52.2 Å². The molecule has 7 nitrogen and oxygen atoms in total. The summed E-state index contributed by atoms with van der Waals surface area (Å²) in [4.78, 5) is 28.9. The number of hydrogen-bond acceptors (Lipinski definition) is 5. The lowest BCUT2D eigenvalue weighted by molar-refractivity contribution is -0.120. The predicted octanol–water partition coefficient (Wildman–Crippen LogP) is 3.31. The van der Waals surface area contributed by atoms with Crippen molar-refractivity contribution < 1.29 is 13.9 Å². The van der Waals surface area contributed by atoms with Crippen LogP contribution in [0.2, 0.25) is 0 Å². The summed E-state index contributed by atoms with van der Waals surface area (Å²) in [7, 11) is 0. The molecule has 0 atom stereocenters. The summed E-state index contributed by atoms with van der Waals surface area (Å²) >= 11 is 0. The zero-order valence-corrected chi connectivity index (χ0v) is 17.7. The number of aryl methyl sites for hydroxylation is 3. The molecule has 0 aliphatic heterocycles. The first-order chi connectivity index (χ1) is 14.4. The van der Waals surface area contributed by atoms with Gasteiger partial charge in [-0.15, -0.1) is 0 Å². The van der Waals surface area contributed by atoms with E-state index in [-0.39, 0.29) is 12.3 Å². The molecule has 0 saturated carbocycles. The van der Waals surface area contributed by atoms with Crippen LogP contribution in [-0.4, -0.2) is 28.6 Å². The lowest BCUT2D eigenvalue weighted by Crippen LogP contribution is -2.29. The second-order valence-electron chi connectivity index (χ2n) is 7.49. The number of amides is 1. The lowest BCUT2D eigenvalue weighted by Gasteiger charge is -2.13. The molecule has 1 aromatic carbocycles. The topological polar surface area (TPSA) is 86.4 Å². The monoisotopic (exact) mass is 409 g/mol. The van der Waals surface area contributed by atoms with Crippen molar-refractivity contribution in [1.82, 2.24) is 14.9 Å². The van der Waals surface area contributed by atoms with Gasteiger partial charge in [0.15, 0.2) is 0 Å². The summed E-state index contributed by atoms with van der Waals surface area (Å²) in [6, 6.07) is 3.72. The molecule has 0 aliphatic carbocycles. The summed E-state index contributed by atoms with van der Waals surface area (Å²) in [5, 5.41) is 3.67. The number of carbonyl (C=O) groups excluding carboxylic acids is 1. The summed E-state index contributed by atoms with van der Waals surface area (Å²) in [6.07, 6.45) is 6.10. The molecule has 2 aromatic heterocycles. The number of carbonyl (C=O) groups is 1. The highest BCUT2D eigenvalue weighted by molar-refractivity contribution is 5.87. The quantitative estimate of drug-likeness (QED) is 0.333. The zero-order chi connectivity index (χ0) is 21.7. The van der Waals surface area contributed by atoms with Crippen molar-refractivity contribution in [2.75, 3.05) is 13.2 Å². The maximum absolute atomic E-state index is 12.6. The third-order valence-corrected chi connectivity index (χ3v) is 4.94. The SMILES string of the molecule is C=C(C)COc1ccc2c(C)c(CC(=O)NCCCn3ccnc3)c(=O)oc2c1C. The number of nitrogens with zero attached hydrogens (tertiary/aromatic N) is 2. The zero-order valence-electron chi connectivity index (χ0n) is 17.7. The predicted molar refractivity (Wildman–Crippen MR) is 116 cm³/mol. The van der Waals surface area contributed by atoms with Crippen molar-refractivity contribution in [2.45, 2.75) is 40.2 Å². The van der Waals surface area contributed by atoms with E-state index in [9.17, 15) is 9.59 Å². The van der Waals surface area contributed by atoms with Gasteiger partial charge in [0.1, 0.15) is 17.9 Å². The Balaban J connectivity index is 1.71. The van der Waals surface area contributed by atoms with Crippen LogP contribution in [-0.2, 0) is 17.8 Å². The van der Waals surface area contributed by atoms with Crippen LogP contribution < -0.4 is 15.7 Å². The van der Waals surface area contributed by atoms with Gasteiger partial charge in [0.25, 0.3) is 0 Å². The molecule has 1 N–H and O–H groups in total. The fraction of sp³-hybridized carbons (Fsp3) is 0.348. The van der Waals surface area contributed by atoms with Crippen molar-refractivity contribution in [2.24, 2.45) is 0 Å². The molecule has 7 heteroatoms. The number of aromatic nitrogens is 2. The number of nitrogens with one attached hydrogen (secondary N) is 1. The Morgan fingerprint density at radius 3 is 2.80 bits per heavy atom. The van der Waals surface area contributed by atoms with Crippen molar-refractivity contribution in [3.05, 3.63) is 70.1 Å². The number of imidazole rings is 1. The largest absolute Gasteiger partial charge is 0.489 e. The van der Waals surface area contributed by atoms with Crippen LogP contribution in [0.3, 0.4) is 0 Å². The molecule has 158 valence electrons. The fourth-order valence-electron chi connectivity index (χ4n) is 3.26. The number of ether oxygens (including phenoxy) is 1. The second-order valence-corrected chi connectivity index (χ2v) is 7.49. The van der Waals surface area contributed by atoms with Gasteiger partial charge in [-0.3, -0.25) is 4.79 Å². The average molecular weight is 409 g/mol. The van der Waals surface area contributed by atoms with E-state index in [1.165, 1.54) is 0 Å². The minimum atomic E-state index is -0.492. The van der Waals surface area contributed by atoms with Gasteiger partial charge in [-0.2, -0.15) is 0 Å². The molecule has 1 amide bonds. The van der Waals surface area contributed by atoms with E-state index in [1.807, 2.05) is 43.7 Å². The molecular formula is C23H27N3O4. The molecule has 0 radical (unpaired) electrons. The lowest BCUT2D eigenvalue weighted by atomic mass is 10.0. The molecule has 0 bridgehead atoms. The van der Waals surface area contributed by atoms with Crippen LogP contribution >= 0.6 is 0 Å². The van der Waals surface area contributed by atoms with E-state index in [1.54, 1.807) is 12.5 Å². The summed E-state index contributed by atoms with van der Waals surface area (Å²) < 4.78 is 13.3. The van der Waals surface area contributed by atoms with Gasteiger partial charge >= 0.3 is 5.63 Å². The van der Waals surface area contributed by atoms with Gasteiger partial charge < -0.3 is 19.0 Å². The third kappa shape index (κ3) is 4.97. The van der Waals surface area contributed by atoms with Crippen LogP contribution in [0.4, 0.5) is 0 Å². The Morgan fingerprint density at radius 2 is 2.10 bits per heavy atom. The first-order valence-corrected chi connectivity index (χ1v) is 9.92. The average Bonchev–Trinajstić information content (AvgIpc) is 3.22. The Labute approximate surface area is 175 Å². The van der Waals surface area contributed by atoms with Gasteiger partial charge in [0, 0.05) is 36.4 Å². The standard InChI is InChI=1S/C23H27N3O4/c1-15(2)13-29-20-7-6-18-16(3)19(23(28)30-22(18)17(20)4)12-21(27)25-8-5-10-26-11-9-24-14-26/h6-7,9,11,14H,1,5,8,10,12-13H2,2-4H3,(H,25,27). The van der Waals surface area contributed by atoms with Gasteiger partial charge in [0.2, 0.25) is 5.91 Å². The van der Waals surface area contributed by atoms with Crippen LogP contribution in [0.25, 0.3) is 11.0 Å². The Morgan fingerprint density at radius 1 is 1.30 bits per heavy atom. The molecule has 0 unspecified atom stereocenters. The van der Waals surface area contributed by atoms with E-state index < -0.39 is 5.63 Å². The number of benzene rings is 1. The first-order valence-electron chi connectivity index (χ1n) is 9.92. The van der Waals surface area contributed by atoms with E-state index in [0.29, 0.717) is 30.0 Å². The molecule has 0 fully saturated rings. The Kier molecular flexibility index (Phi) is 6.72. The Bertz CT molecular complexity index is 1110. The summed E-state index contributed by atoms with van der Waals surface area (Å²) in [6.45, 7) is 11.1. The molecule has 30 heavy (non-hydrogen) atoms. The van der Waals surface area contributed by atoms with E-state index in [2.05, 4.69) is 16.9 Å². The minimum Gasteiger partial charge on any atom is -0.489 e. The minimum absolute atomic E-state index is 0.0118. The second kappa shape index (κ2) is 9.43. The molecule has 2 heterocycles. The fourth-order valence-corrected chi connectivity index (χ4v) is 3.26. The third-order valence-electron chi connectivity index (χ3n) is 4.94. The number of fused-ring (bicyclic) bond motifs is 1. The normalized spacial score (nSPS) is 10.9. The molecule has 3 aromatic rings. The number of hydrogen-bond donors (Lipinski definition) is 1. The van der Waals surface area contributed by atoms with Crippen molar-refractivity contribution in [3.63, 3.8) is 0 Å². The van der Waals surface area contributed by atoms with Crippen molar-refractivity contribution >= 4 is 16.9 Å². The van der Waals surface area contributed by atoms with Crippen molar-refractivity contribution in [3.8, 4) is 5.75 Å². The van der Waals surface area contributed by atoms with Gasteiger partial charge in [-0.25, -0.2) is 9.78 Å². The van der Waals surface area contributed by atoms with Gasteiger partial charge in [0.05, 0.1) is 18.3 Å². The van der Waals surface area contributed by atoms with Crippen LogP contribution in [0, 0.1) is 13.8 Å². The first kappa shape index (κ1) is 21.4. The van der Waals surface area contributed by atoms with Gasteiger partial charge in [-0.1, -0.05) is 6.58 Å². The molecule has 0 saturated heterocycles. The van der Waals surface area contributed by atoms with Gasteiger partial charge in [-0.05, 0) is 50.5 Å². The highest BCUT2D eigenvalue weighted by Crippen LogP contribution is 2.29. The van der Waals surface area contributed by atoms with E-state index >= 15 is 0 Å². The highest BCUT2D eigenvalue weighted by atomic mass is 16.5. The summed E-state index contributed by atoms with van der Waals surface area (Å²) in [5.41, 5.74) is 2.78. The van der Waals surface area contributed by atoms with E-state index in [4.69, 9.17) is 9.15 Å². The highest BCUT2D eigenvalue weighted by Gasteiger charge is 2.17. The maximum atomic E-state index is 12.6. The molecule has 0 spiro atoms. The molecular weight excluding hydrogens is 382 g/mol. The smallest absolute Gasteiger partial charge is 0.340 e. The van der Waals surface area contributed by atoms with Crippen molar-refractivity contribution in [1.29, 1.82) is 0 Å². The Hall–Kier alpha value is -3.35. The van der Waals surface area contributed by atoms with Crippen LogP contribution in [0.1, 0.15) is 30.0 Å². The molecule has 3 rings (SSSR count). The number of rotatable bonds is 9. The van der Waals surface area contributed by atoms with Crippen LogP contribution in [0.5, 0.6) is 5.75 Å². The molecule has 0 aliphatic rings. The summed E-state index contributed by atoms with van der Waals surface area (Å²) in [5.74, 6) is 0.449. The van der Waals surface area contributed by atoms with E-state index in [0.717, 1.165) is 35.1 Å².